The van der Waals surface area contributed by atoms with E-state index in [1.165, 1.54) is 17.4 Å². The van der Waals surface area contributed by atoms with Gasteiger partial charge in [-0.2, -0.15) is 0 Å². The standard InChI is InChI=1S/C18H17NO4/c1-9-10(2)18(23-17(9)21)22-8-14-13-7-11-5-3-4-6-12(11)15(13)19-16(14)20/h3-6,8,13,15,18H,7H2,1-2H3,(H,19,20)/b14-8+/t13-,15-,18-/m1/s1. The first-order valence-corrected chi connectivity index (χ1v) is 7.69. The van der Waals surface area contributed by atoms with Gasteiger partial charge in [0.1, 0.15) is 0 Å². The summed E-state index contributed by atoms with van der Waals surface area (Å²) < 4.78 is 10.7. The molecule has 1 aliphatic carbocycles. The van der Waals surface area contributed by atoms with E-state index in [4.69, 9.17) is 9.47 Å². The summed E-state index contributed by atoms with van der Waals surface area (Å²) in [5, 5.41) is 3.02. The van der Waals surface area contributed by atoms with Crippen LogP contribution in [-0.4, -0.2) is 18.2 Å². The number of esters is 1. The van der Waals surface area contributed by atoms with E-state index in [2.05, 4.69) is 17.4 Å². The Morgan fingerprint density at radius 2 is 2.04 bits per heavy atom. The number of carbonyl (C=O) groups excluding carboxylic acids is 2. The fourth-order valence-corrected chi connectivity index (χ4v) is 3.47. The van der Waals surface area contributed by atoms with Crippen LogP contribution in [0.15, 0.2) is 47.2 Å². The lowest BCUT2D eigenvalue weighted by molar-refractivity contribution is -0.153. The lowest BCUT2D eigenvalue weighted by atomic mass is 9.97. The van der Waals surface area contributed by atoms with Gasteiger partial charge in [0.15, 0.2) is 0 Å². The van der Waals surface area contributed by atoms with Gasteiger partial charge in [0, 0.05) is 17.1 Å². The zero-order chi connectivity index (χ0) is 16.1. The third kappa shape index (κ3) is 2.07. The zero-order valence-electron chi connectivity index (χ0n) is 13.0. The first kappa shape index (κ1) is 14.1. The van der Waals surface area contributed by atoms with Gasteiger partial charge in [-0.05, 0) is 31.4 Å². The molecule has 1 N–H and O–H groups in total. The number of hydrogen-bond acceptors (Lipinski definition) is 4. The number of ether oxygens (including phenoxy) is 2. The Bertz CT molecular complexity index is 777. The smallest absolute Gasteiger partial charge is 0.337 e. The van der Waals surface area contributed by atoms with Crippen LogP contribution >= 0.6 is 0 Å². The number of rotatable bonds is 2. The summed E-state index contributed by atoms with van der Waals surface area (Å²) in [4.78, 5) is 23.8. The Balaban J connectivity index is 1.57. The van der Waals surface area contributed by atoms with E-state index in [-0.39, 0.29) is 23.8 Å². The molecule has 1 aromatic carbocycles. The summed E-state index contributed by atoms with van der Waals surface area (Å²) in [6.45, 7) is 3.51. The van der Waals surface area contributed by atoms with E-state index in [0.29, 0.717) is 11.1 Å². The molecule has 0 spiro atoms. The molecule has 118 valence electrons. The molecule has 0 bridgehead atoms. The van der Waals surface area contributed by atoms with Gasteiger partial charge in [-0.25, -0.2) is 4.79 Å². The van der Waals surface area contributed by atoms with Crippen molar-refractivity contribution in [1.82, 2.24) is 5.32 Å². The van der Waals surface area contributed by atoms with Gasteiger partial charge < -0.3 is 14.8 Å². The van der Waals surface area contributed by atoms with Crippen molar-refractivity contribution in [3.05, 3.63) is 58.4 Å². The minimum absolute atomic E-state index is 0.0121. The van der Waals surface area contributed by atoms with Crippen molar-refractivity contribution in [2.75, 3.05) is 0 Å². The van der Waals surface area contributed by atoms with Crippen LogP contribution < -0.4 is 5.32 Å². The molecule has 2 aliphatic heterocycles. The van der Waals surface area contributed by atoms with Gasteiger partial charge in [0.25, 0.3) is 12.2 Å². The van der Waals surface area contributed by atoms with Crippen molar-refractivity contribution in [3.8, 4) is 0 Å². The lowest BCUT2D eigenvalue weighted by Gasteiger charge is -2.13. The van der Waals surface area contributed by atoms with Crippen molar-refractivity contribution in [2.24, 2.45) is 5.92 Å². The van der Waals surface area contributed by atoms with Gasteiger partial charge in [-0.3, -0.25) is 4.79 Å². The van der Waals surface area contributed by atoms with Crippen LogP contribution in [0.4, 0.5) is 0 Å². The van der Waals surface area contributed by atoms with E-state index in [0.717, 1.165) is 12.0 Å². The molecule has 2 heterocycles. The average Bonchev–Trinajstić information content (AvgIpc) is 3.12. The highest BCUT2D eigenvalue weighted by Crippen LogP contribution is 2.44. The Labute approximate surface area is 134 Å². The number of fused-ring (bicyclic) bond motifs is 3. The molecular formula is C18H17NO4. The lowest BCUT2D eigenvalue weighted by Crippen LogP contribution is -2.19. The molecule has 23 heavy (non-hydrogen) atoms. The van der Waals surface area contributed by atoms with Gasteiger partial charge in [0.2, 0.25) is 0 Å². The van der Waals surface area contributed by atoms with Gasteiger partial charge in [-0.1, -0.05) is 24.3 Å². The molecule has 4 rings (SSSR count). The molecule has 5 nitrogen and oxygen atoms in total. The molecule has 3 aliphatic rings. The fourth-order valence-electron chi connectivity index (χ4n) is 3.47. The monoisotopic (exact) mass is 311 g/mol. The highest BCUT2D eigenvalue weighted by molar-refractivity contribution is 5.97. The van der Waals surface area contributed by atoms with Crippen molar-refractivity contribution in [3.63, 3.8) is 0 Å². The highest BCUT2D eigenvalue weighted by Gasteiger charge is 2.44. The van der Waals surface area contributed by atoms with Crippen LogP contribution in [0, 0.1) is 5.92 Å². The van der Waals surface area contributed by atoms with Gasteiger partial charge >= 0.3 is 5.97 Å². The molecule has 1 aromatic rings. The molecule has 1 amide bonds. The molecular weight excluding hydrogens is 294 g/mol. The van der Waals surface area contributed by atoms with Crippen LogP contribution in [0.2, 0.25) is 0 Å². The second kappa shape index (κ2) is 4.98. The van der Waals surface area contributed by atoms with Crippen LogP contribution in [0.5, 0.6) is 0 Å². The summed E-state index contributed by atoms with van der Waals surface area (Å²) in [5.74, 6) is -0.410. The summed E-state index contributed by atoms with van der Waals surface area (Å²) in [6.07, 6.45) is 1.55. The van der Waals surface area contributed by atoms with Crippen LogP contribution in [-0.2, 0) is 25.5 Å². The van der Waals surface area contributed by atoms with Gasteiger partial charge in [-0.15, -0.1) is 0 Å². The Morgan fingerprint density at radius 3 is 2.78 bits per heavy atom. The minimum atomic E-state index is -0.731. The molecule has 5 heteroatoms. The Kier molecular flexibility index (Phi) is 3.04. The first-order chi connectivity index (χ1) is 11.1. The number of nitrogens with one attached hydrogen (secondary N) is 1. The molecule has 1 saturated heterocycles. The van der Waals surface area contributed by atoms with Crippen LogP contribution in [0.3, 0.4) is 0 Å². The maximum atomic E-state index is 12.2. The van der Waals surface area contributed by atoms with E-state index < -0.39 is 6.29 Å². The van der Waals surface area contributed by atoms with E-state index >= 15 is 0 Å². The summed E-state index contributed by atoms with van der Waals surface area (Å²) >= 11 is 0. The normalized spacial score (nSPS) is 30.3. The van der Waals surface area contributed by atoms with Crippen molar-refractivity contribution >= 4 is 11.9 Å². The molecule has 0 saturated carbocycles. The Morgan fingerprint density at radius 1 is 1.26 bits per heavy atom. The van der Waals surface area contributed by atoms with Crippen molar-refractivity contribution < 1.29 is 19.1 Å². The largest absolute Gasteiger partial charge is 0.458 e. The van der Waals surface area contributed by atoms with Crippen molar-refractivity contribution in [1.29, 1.82) is 0 Å². The Hall–Kier alpha value is -2.56. The van der Waals surface area contributed by atoms with E-state index in [1.54, 1.807) is 13.8 Å². The van der Waals surface area contributed by atoms with Crippen LogP contribution in [0.1, 0.15) is 31.0 Å². The average molecular weight is 311 g/mol. The predicted molar refractivity (Wildman–Crippen MR) is 81.9 cm³/mol. The molecule has 0 aromatic heterocycles. The van der Waals surface area contributed by atoms with Crippen molar-refractivity contribution in [2.45, 2.75) is 32.6 Å². The fraction of sp³-hybridized carbons (Fsp3) is 0.333. The minimum Gasteiger partial charge on any atom is -0.458 e. The topological polar surface area (TPSA) is 64.6 Å². The third-order valence-corrected chi connectivity index (χ3v) is 4.96. The first-order valence-electron chi connectivity index (χ1n) is 7.69. The molecule has 1 fully saturated rings. The SMILES string of the molecule is CC1=C(C)[C@H](O/C=C2/C(=O)N[C@@H]3c4ccccc4C[C@H]23)OC1=O. The highest BCUT2D eigenvalue weighted by atomic mass is 16.7. The molecule has 3 atom stereocenters. The maximum Gasteiger partial charge on any atom is 0.337 e. The number of cyclic esters (lactones) is 1. The zero-order valence-corrected chi connectivity index (χ0v) is 13.0. The van der Waals surface area contributed by atoms with Crippen LogP contribution in [0.25, 0.3) is 0 Å². The number of hydrogen-bond donors (Lipinski definition) is 1. The number of benzene rings is 1. The summed E-state index contributed by atoms with van der Waals surface area (Å²) in [6, 6.07) is 8.15. The summed E-state index contributed by atoms with van der Waals surface area (Å²) in [5.41, 5.74) is 4.35. The third-order valence-electron chi connectivity index (χ3n) is 4.96. The number of amides is 1. The maximum absolute atomic E-state index is 12.2. The predicted octanol–water partition coefficient (Wildman–Crippen LogP) is 2.15. The number of carbonyl (C=O) groups is 2. The summed E-state index contributed by atoms with van der Waals surface area (Å²) in [7, 11) is 0. The van der Waals surface area contributed by atoms with E-state index in [1.807, 2.05) is 12.1 Å². The quantitative estimate of drug-likeness (QED) is 0.516. The van der Waals surface area contributed by atoms with E-state index in [9.17, 15) is 9.59 Å². The molecule has 0 unspecified atom stereocenters. The van der Waals surface area contributed by atoms with Gasteiger partial charge in [0.05, 0.1) is 17.9 Å². The molecule has 0 radical (unpaired) electrons. The second-order valence-corrected chi connectivity index (χ2v) is 6.22. The second-order valence-electron chi connectivity index (χ2n) is 6.22.